The van der Waals surface area contributed by atoms with Crippen molar-refractivity contribution in [3.63, 3.8) is 0 Å². The molecule has 0 saturated carbocycles. The van der Waals surface area contributed by atoms with E-state index in [0.717, 1.165) is 18.7 Å². The molecule has 5 nitrogen and oxygen atoms in total. The average Bonchev–Trinajstić information content (AvgIpc) is 2.47. The van der Waals surface area contributed by atoms with Crippen molar-refractivity contribution in [2.75, 3.05) is 45.2 Å². The van der Waals surface area contributed by atoms with Crippen LogP contribution < -0.4 is 4.90 Å². The number of rotatable bonds is 8. The fraction of sp³-hybridized carbons (Fsp3) is 0.529. The zero-order valence-electron chi connectivity index (χ0n) is 14.1. The summed E-state index contributed by atoms with van der Waals surface area (Å²) in [7, 11) is 4.00. The molecule has 0 bridgehead atoms. The third kappa shape index (κ3) is 5.85. The lowest BCUT2D eigenvalue weighted by Crippen LogP contribution is -2.43. The van der Waals surface area contributed by atoms with Gasteiger partial charge in [-0.1, -0.05) is 18.2 Å². The molecule has 0 spiro atoms. The van der Waals surface area contributed by atoms with Crippen LogP contribution in [0.1, 0.15) is 20.3 Å². The van der Waals surface area contributed by atoms with Gasteiger partial charge in [0.15, 0.2) is 0 Å². The summed E-state index contributed by atoms with van der Waals surface area (Å²) in [6.45, 7) is 5.67. The zero-order valence-corrected chi connectivity index (χ0v) is 14.1. The topological polar surface area (TPSA) is 43.9 Å². The maximum Gasteiger partial charge on any atom is 0.246 e. The molecule has 122 valence electrons. The lowest BCUT2D eigenvalue weighted by atomic mass is 10.2. The summed E-state index contributed by atoms with van der Waals surface area (Å²) >= 11 is 0. The highest BCUT2D eigenvalue weighted by atomic mass is 16.2. The summed E-state index contributed by atoms with van der Waals surface area (Å²) in [4.78, 5) is 29.7. The van der Waals surface area contributed by atoms with Crippen molar-refractivity contribution in [2.24, 2.45) is 0 Å². The number of carbonyl (C=O) groups excluding carboxylic acids is 2. The number of para-hydroxylation sites is 1. The molecule has 0 aromatic heterocycles. The summed E-state index contributed by atoms with van der Waals surface area (Å²) in [5.74, 6) is -0.107. The third-order valence-electron chi connectivity index (χ3n) is 3.49. The summed E-state index contributed by atoms with van der Waals surface area (Å²) < 4.78 is 0. The van der Waals surface area contributed by atoms with E-state index in [1.807, 2.05) is 51.4 Å². The molecule has 1 aromatic carbocycles. The van der Waals surface area contributed by atoms with E-state index in [1.165, 1.54) is 6.92 Å². The molecule has 0 atom stereocenters. The summed E-state index contributed by atoms with van der Waals surface area (Å²) in [6, 6.07) is 9.55. The Balaban J connectivity index is 2.67. The Bertz CT molecular complexity index is 474. The van der Waals surface area contributed by atoms with Crippen molar-refractivity contribution in [1.29, 1.82) is 0 Å². The monoisotopic (exact) mass is 305 g/mol. The smallest absolute Gasteiger partial charge is 0.246 e. The number of carbonyl (C=O) groups is 2. The molecule has 1 rings (SSSR count). The highest BCUT2D eigenvalue weighted by molar-refractivity contribution is 5.96. The zero-order chi connectivity index (χ0) is 16.5. The maximum absolute atomic E-state index is 12.5. The molecule has 0 N–H and O–H groups in total. The van der Waals surface area contributed by atoms with Crippen molar-refractivity contribution in [2.45, 2.75) is 20.3 Å². The van der Waals surface area contributed by atoms with Gasteiger partial charge < -0.3 is 14.7 Å². The predicted molar refractivity (Wildman–Crippen MR) is 89.9 cm³/mol. The lowest BCUT2D eigenvalue weighted by Gasteiger charge is -2.26. The van der Waals surface area contributed by atoms with Gasteiger partial charge in [0.25, 0.3) is 0 Å². The molecular weight excluding hydrogens is 278 g/mol. The van der Waals surface area contributed by atoms with Gasteiger partial charge in [0, 0.05) is 25.7 Å². The van der Waals surface area contributed by atoms with E-state index in [-0.39, 0.29) is 18.4 Å². The molecule has 2 amide bonds. The van der Waals surface area contributed by atoms with Gasteiger partial charge in [-0.15, -0.1) is 0 Å². The van der Waals surface area contributed by atoms with Crippen molar-refractivity contribution >= 4 is 17.5 Å². The Kier molecular flexibility index (Phi) is 7.60. The quantitative estimate of drug-likeness (QED) is 0.736. The molecule has 22 heavy (non-hydrogen) atoms. The fourth-order valence-corrected chi connectivity index (χ4v) is 2.29. The lowest BCUT2D eigenvalue weighted by molar-refractivity contribution is -0.133. The van der Waals surface area contributed by atoms with Gasteiger partial charge in [0.05, 0.1) is 0 Å². The SMILES string of the molecule is CCN(C(=O)CN(CCCN(C)C)C(C)=O)c1ccccc1. The number of nitrogens with zero attached hydrogens (tertiary/aromatic N) is 3. The first-order valence-corrected chi connectivity index (χ1v) is 7.71. The summed E-state index contributed by atoms with van der Waals surface area (Å²) in [5.41, 5.74) is 0.867. The van der Waals surface area contributed by atoms with Crippen LogP contribution in [0.2, 0.25) is 0 Å². The molecule has 0 aliphatic carbocycles. The largest absolute Gasteiger partial charge is 0.334 e. The van der Waals surface area contributed by atoms with E-state index in [4.69, 9.17) is 0 Å². The van der Waals surface area contributed by atoms with Gasteiger partial charge in [-0.2, -0.15) is 0 Å². The number of hydrogen-bond acceptors (Lipinski definition) is 3. The normalized spacial score (nSPS) is 10.6. The molecule has 0 fully saturated rings. The molecule has 0 unspecified atom stereocenters. The van der Waals surface area contributed by atoms with Gasteiger partial charge in [-0.3, -0.25) is 9.59 Å². The number of hydrogen-bond donors (Lipinski definition) is 0. The molecule has 0 radical (unpaired) electrons. The van der Waals surface area contributed by atoms with Crippen molar-refractivity contribution in [3.8, 4) is 0 Å². The van der Waals surface area contributed by atoms with Crippen molar-refractivity contribution < 1.29 is 9.59 Å². The highest BCUT2D eigenvalue weighted by Crippen LogP contribution is 2.13. The molecule has 5 heteroatoms. The van der Waals surface area contributed by atoms with E-state index in [9.17, 15) is 9.59 Å². The van der Waals surface area contributed by atoms with E-state index in [0.29, 0.717) is 13.1 Å². The second-order valence-electron chi connectivity index (χ2n) is 5.57. The van der Waals surface area contributed by atoms with Crippen molar-refractivity contribution in [3.05, 3.63) is 30.3 Å². The van der Waals surface area contributed by atoms with E-state index in [1.54, 1.807) is 9.80 Å². The van der Waals surface area contributed by atoms with Gasteiger partial charge in [-0.25, -0.2) is 0 Å². The van der Waals surface area contributed by atoms with Gasteiger partial charge >= 0.3 is 0 Å². The first-order chi connectivity index (χ1) is 10.5. The van der Waals surface area contributed by atoms with Crippen LogP contribution in [0.4, 0.5) is 5.69 Å². The van der Waals surface area contributed by atoms with Crippen molar-refractivity contribution in [1.82, 2.24) is 9.80 Å². The van der Waals surface area contributed by atoms with Crippen LogP contribution in [-0.2, 0) is 9.59 Å². The minimum atomic E-state index is -0.0591. The number of likely N-dealkylation sites (N-methyl/N-ethyl adjacent to an activating group) is 1. The third-order valence-corrected chi connectivity index (χ3v) is 3.49. The number of anilines is 1. The minimum absolute atomic E-state index is 0.0475. The Labute approximate surface area is 133 Å². The first kappa shape index (κ1) is 18.2. The number of benzene rings is 1. The molecule has 0 aliphatic rings. The van der Waals surface area contributed by atoms with Gasteiger partial charge in [0.1, 0.15) is 6.54 Å². The Morgan fingerprint density at radius 3 is 2.18 bits per heavy atom. The van der Waals surface area contributed by atoms with Crippen LogP contribution in [0.15, 0.2) is 30.3 Å². The first-order valence-electron chi connectivity index (χ1n) is 7.71. The molecule has 0 saturated heterocycles. The summed E-state index contributed by atoms with van der Waals surface area (Å²) in [5, 5.41) is 0. The Hall–Kier alpha value is -1.88. The standard InChI is InChI=1S/C17H27N3O2/c1-5-20(16-10-7-6-8-11-16)17(22)14-19(15(2)21)13-9-12-18(3)4/h6-8,10-11H,5,9,12-14H2,1-4H3. The molecule has 0 heterocycles. The second kappa shape index (κ2) is 9.20. The minimum Gasteiger partial charge on any atom is -0.334 e. The predicted octanol–water partition coefficient (Wildman–Crippen LogP) is 1.84. The Morgan fingerprint density at radius 1 is 1.05 bits per heavy atom. The molecular formula is C17H27N3O2. The molecule has 0 aliphatic heterocycles. The fourth-order valence-electron chi connectivity index (χ4n) is 2.29. The van der Waals surface area contributed by atoms with Crippen LogP contribution >= 0.6 is 0 Å². The van der Waals surface area contributed by atoms with Gasteiger partial charge in [0.2, 0.25) is 11.8 Å². The van der Waals surface area contributed by atoms with Crippen LogP contribution in [0.3, 0.4) is 0 Å². The summed E-state index contributed by atoms with van der Waals surface area (Å²) in [6.07, 6.45) is 0.858. The van der Waals surface area contributed by atoms with Crippen LogP contribution in [0.25, 0.3) is 0 Å². The van der Waals surface area contributed by atoms with Crippen LogP contribution in [0, 0.1) is 0 Å². The highest BCUT2D eigenvalue weighted by Gasteiger charge is 2.19. The van der Waals surface area contributed by atoms with E-state index >= 15 is 0 Å². The number of amides is 2. The van der Waals surface area contributed by atoms with Crippen LogP contribution in [0.5, 0.6) is 0 Å². The molecule has 1 aromatic rings. The van der Waals surface area contributed by atoms with Crippen LogP contribution in [-0.4, -0.2) is 61.9 Å². The Morgan fingerprint density at radius 2 is 1.68 bits per heavy atom. The van der Waals surface area contributed by atoms with E-state index < -0.39 is 0 Å². The average molecular weight is 305 g/mol. The second-order valence-corrected chi connectivity index (χ2v) is 5.57. The van der Waals surface area contributed by atoms with E-state index in [2.05, 4.69) is 4.90 Å². The maximum atomic E-state index is 12.5. The van der Waals surface area contributed by atoms with Gasteiger partial charge in [-0.05, 0) is 46.1 Å².